The largest absolute Gasteiger partial charge is 0.495 e. The van der Waals surface area contributed by atoms with Crippen LogP contribution in [-0.2, 0) is 4.74 Å². The zero-order valence-electron chi connectivity index (χ0n) is 15.2. The Labute approximate surface area is 148 Å². The van der Waals surface area contributed by atoms with Gasteiger partial charge in [-0.05, 0) is 41.8 Å². The van der Waals surface area contributed by atoms with Crippen LogP contribution < -0.4 is 25.7 Å². The van der Waals surface area contributed by atoms with E-state index in [1.54, 1.807) is 28.4 Å². The maximum absolute atomic E-state index is 6.07. The lowest BCUT2D eigenvalue weighted by Crippen LogP contribution is -2.08. The molecule has 4 N–H and O–H groups in total. The minimum absolute atomic E-state index is 0.0536. The summed E-state index contributed by atoms with van der Waals surface area (Å²) >= 11 is 0. The molecule has 25 heavy (non-hydrogen) atoms. The summed E-state index contributed by atoms with van der Waals surface area (Å²) in [7, 11) is 6.47. The predicted molar refractivity (Wildman–Crippen MR) is 99.7 cm³/mol. The van der Waals surface area contributed by atoms with Gasteiger partial charge in [-0.3, -0.25) is 0 Å². The van der Waals surface area contributed by atoms with Crippen LogP contribution in [0.2, 0.25) is 0 Å². The van der Waals surface area contributed by atoms with Gasteiger partial charge in [0.25, 0.3) is 0 Å². The van der Waals surface area contributed by atoms with Gasteiger partial charge in [0.05, 0.1) is 27.0 Å². The molecule has 0 fully saturated rings. The van der Waals surface area contributed by atoms with E-state index in [0.717, 1.165) is 17.5 Å². The number of hydrogen-bond acceptors (Lipinski definition) is 6. The minimum atomic E-state index is 0.0536. The van der Waals surface area contributed by atoms with E-state index in [2.05, 4.69) is 0 Å². The molecule has 0 radical (unpaired) electrons. The molecule has 0 saturated heterocycles. The lowest BCUT2D eigenvalue weighted by molar-refractivity contribution is 0.191. The third-order valence-corrected chi connectivity index (χ3v) is 4.24. The van der Waals surface area contributed by atoms with Crippen LogP contribution in [0, 0.1) is 0 Å². The van der Waals surface area contributed by atoms with Gasteiger partial charge in [0.2, 0.25) is 0 Å². The van der Waals surface area contributed by atoms with Crippen molar-refractivity contribution in [3.05, 3.63) is 41.5 Å². The number of nitrogen functional groups attached to an aromatic ring is 2. The fraction of sp³-hybridized carbons (Fsp3) is 0.368. The number of rotatable bonds is 8. The number of nitrogens with two attached hydrogens (primary N) is 2. The minimum Gasteiger partial charge on any atom is -0.495 e. The Bertz CT molecular complexity index is 694. The van der Waals surface area contributed by atoms with E-state index in [9.17, 15) is 0 Å². The molecule has 2 rings (SSSR count). The van der Waals surface area contributed by atoms with Gasteiger partial charge in [-0.25, -0.2) is 0 Å². The first-order valence-electron chi connectivity index (χ1n) is 7.99. The molecule has 1 unspecified atom stereocenters. The maximum Gasteiger partial charge on any atom is 0.145 e. The molecule has 0 aliphatic heterocycles. The number of anilines is 2. The third kappa shape index (κ3) is 4.09. The molecule has 2 aromatic carbocycles. The molecule has 6 nitrogen and oxygen atoms in total. The van der Waals surface area contributed by atoms with Crippen LogP contribution in [0.1, 0.15) is 23.5 Å². The van der Waals surface area contributed by atoms with Gasteiger partial charge in [0.1, 0.15) is 22.9 Å². The van der Waals surface area contributed by atoms with Gasteiger partial charge in [0.15, 0.2) is 0 Å². The SMILES string of the molecule is COCCC(c1ccc(N)c(OC)c1)c1cc(OC)c(N)c(OC)c1. The normalized spacial score (nSPS) is 11.8. The van der Waals surface area contributed by atoms with E-state index < -0.39 is 0 Å². The second-order valence-electron chi connectivity index (χ2n) is 5.67. The molecule has 6 heteroatoms. The van der Waals surface area contributed by atoms with Crippen molar-refractivity contribution in [2.75, 3.05) is 46.5 Å². The Morgan fingerprint density at radius 3 is 1.88 bits per heavy atom. The summed E-state index contributed by atoms with van der Waals surface area (Å²) in [6.45, 7) is 0.604. The molecule has 2 aromatic rings. The highest BCUT2D eigenvalue weighted by atomic mass is 16.5. The number of methoxy groups -OCH3 is 4. The Morgan fingerprint density at radius 2 is 1.36 bits per heavy atom. The van der Waals surface area contributed by atoms with Crippen molar-refractivity contribution in [2.24, 2.45) is 0 Å². The molecule has 1 atom stereocenters. The number of ether oxygens (including phenoxy) is 4. The van der Waals surface area contributed by atoms with Crippen molar-refractivity contribution in [3.63, 3.8) is 0 Å². The average Bonchev–Trinajstić information content (AvgIpc) is 2.63. The summed E-state index contributed by atoms with van der Waals surface area (Å²) in [5, 5.41) is 0. The Hall–Kier alpha value is -2.60. The van der Waals surface area contributed by atoms with Crippen LogP contribution in [0.5, 0.6) is 17.2 Å². The molecule has 0 spiro atoms. The van der Waals surface area contributed by atoms with E-state index in [1.807, 2.05) is 30.3 Å². The highest BCUT2D eigenvalue weighted by Gasteiger charge is 2.20. The van der Waals surface area contributed by atoms with Gasteiger partial charge in [-0.15, -0.1) is 0 Å². The third-order valence-electron chi connectivity index (χ3n) is 4.24. The molecule has 136 valence electrons. The van der Waals surface area contributed by atoms with E-state index >= 15 is 0 Å². The zero-order chi connectivity index (χ0) is 18.4. The van der Waals surface area contributed by atoms with Crippen LogP contribution in [-0.4, -0.2) is 35.0 Å². The van der Waals surface area contributed by atoms with Crippen molar-refractivity contribution in [3.8, 4) is 17.2 Å². The fourth-order valence-electron chi connectivity index (χ4n) is 2.87. The van der Waals surface area contributed by atoms with E-state index in [4.69, 9.17) is 30.4 Å². The number of hydrogen-bond donors (Lipinski definition) is 2. The quantitative estimate of drug-likeness (QED) is 0.714. The zero-order valence-corrected chi connectivity index (χ0v) is 15.2. The molecule has 0 aromatic heterocycles. The molecule has 0 aliphatic carbocycles. The van der Waals surface area contributed by atoms with E-state index in [1.165, 1.54) is 0 Å². The van der Waals surface area contributed by atoms with Crippen LogP contribution in [0.4, 0.5) is 11.4 Å². The van der Waals surface area contributed by atoms with E-state index in [0.29, 0.717) is 35.2 Å². The maximum atomic E-state index is 6.07. The van der Waals surface area contributed by atoms with Gasteiger partial charge < -0.3 is 30.4 Å². The van der Waals surface area contributed by atoms with Crippen LogP contribution in [0.15, 0.2) is 30.3 Å². The fourth-order valence-corrected chi connectivity index (χ4v) is 2.87. The first-order chi connectivity index (χ1) is 12.0. The molecule has 0 bridgehead atoms. The second-order valence-corrected chi connectivity index (χ2v) is 5.67. The van der Waals surface area contributed by atoms with Gasteiger partial charge in [-0.2, -0.15) is 0 Å². The topological polar surface area (TPSA) is 89.0 Å². The second kappa shape index (κ2) is 8.48. The molecular weight excluding hydrogens is 320 g/mol. The van der Waals surface area contributed by atoms with E-state index in [-0.39, 0.29) is 5.92 Å². The molecule has 0 heterocycles. The summed E-state index contributed by atoms with van der Waals surface area (Å²) in [6, 6.07) is 9.65. The molecule has 0 saturated carbocycles. The van der Waals surface area contributed by atoms with Gasteiger partial charge in [-0.1, -0.05) is 6.07 Å². The first kappa shape index (κ1) is 18.7. The predicted octanol–water partition coefficient (Wildman–Crippen LogP) is 3.05. The summed E-state index contributed by atoms with van der Waals surface area (Å²) in [5.41, 5.74) is 15.2. The Morgan fingerprint density at radius 1 is 0.800 bits per heavy atom. The first-order valence-corrected chi connectivity index (χ1v) is 7.99. The lowest BCUT2D eigenvalue weighted by atomic mass is 9.88. The number of benzene rings is 2. The Kier molecular flexibility index (Phi) is 6.36. The summed E-state index contributed by atoms with van der Waals surface area (Å²) < 4.78 is 21.5. The highest BCUT2D eigenvalue weighted by Crippen LogP contribution is 2.40. The summed E-state index contributed by atoms with van der Waals surface area (Å²) in [4.78, 5) is 0. The highest BCUT2D eigenvalue weighted by molar-refractivity contribution is 5.65. The summed E-state index contributed by atoms with van der Waals surface area (Å²) in [5.74, 6) is 1.87. The van der Waals surface area contributed by atoms with Crippen molar-refractivity contribution in [2.45, 2.75) is 12.3 Å². The lowest BCUT2D eigenvalue weighted by Gasteiger charge is -2.21. The average molecular weight is 346 g/mol. The van der Waals surface area contributed by atoms with Crippen LogP contribution in [0.25, 0.3) is 0 Å². The molecule has 0 amide bonds. The van der Waals surface area contributed by atoms with Gasteiger partial charge >= 0.3 is 0 Å². The van der Waals surface area contributed by atoms with Gasteiger partial charge in [0, 0.05) is 19.6 Å². The molecular formula is C19H26N2O4. The van der Waals surface area contributed by atoms with Crippen LogP contribution >= 0.6 is 0 Å². The van der Waals surface area contributed by atoms with Crippen molar-refractivity contribution in [1.82, 2.24) is 0 Å². The summed E-state index contributed by atoms with van der Waals surface area (Å²) in [6.07, 6.45) is 0.778. The Balaban J connectivity index is 2.54. The van der Waals surface area contributed by atoms with Crippen molar-refractivity contribution >= 4 is 11.4 Å². The van der Waals surface area contributed by atoms with Crippen molar-refractivity contribution in [1.29, 1.82) is 0 Å². The van der Waals surface area contributed by atoms with Crippen LogP contribution in [0.3, 0.4) is 0 Å². The monoisotopic (exact) mass is 346 g/mol. The van der Waals surface area contributed by atoms with Crippen molar-refractivity contribution < 1.29 is 18.9 Å². The standard InChI is InChI=1S/C19H26N2O4/c1-22-8-7-14(12-5-6-15(20)16(9-12)23-2)13-10-17(24-3)19(21)18(11-13)25-4/h5-6,9-11,14H,7-8,20-21H2,1-4H3. The molecule has 0 aliphatic rings. The smallest absolute Gasteiger partial charge is 0.145 e.